The molecule has 0 bridgehead atoms. The summed E-state index contributed by atoms with van der Waals surface area (Å²) < 4.78 is 11.7. The average Bonchev–Trinajstić information content (AvgIpc) is 2.88. The van der Waals surface area contributed by atoms with Crippen molar-refractivity contribution in [2.45, 2.75) is 90.4 Å². The summed E-state index contributed by atoms with van der Waals surface area (Å²) in [7, 11) is 1.44. The fourth-order valence-electron chi connectivity index (χ4n) is 6.14. The van der Waals surface area contributed by atoms with E-state index in [2.05, 4.69) is 33.8 Å². The summed E-state index contributed by atoms with van der Waals surface area (Å²) in [6, 6.07) is 0. The maximum atomic E-state index is 11.9. The Balaban J connectivity index is 1.99. The molecule has 3 aliphatic rings. The average molecular weight is 350 g/mol. The van der Waals surface area contributed by atoms with E-state index in [0.29, 0.717) is 12.3 Å². The first-order chi connectivity index (χ1) is 11.5. The molecule has 1 N–H and O–H groups in total. The first kappa shape index (κ1) is 18.9. The summed E-state index contributed by atoms with van der Waals surface area (Å²) in [6.45, 7) is 11.0. The zero-order chi connectivity index (χ0) is 18.7. The highest BCUT2D eigenvalue weighted by atomic mass is 16.5. The van der Waals surface area contributed by atoms with E-state index in [4.69, 9.17) is 9.47 Å². The number of hydrogen-bond donors (Lipinski definition) is 1. The van der Waals surface area contributed by atoms with Gasteiger partial charge in [-0.1, -0.05) is 26.8 Å². The number of carbonyl (C=O) groups is 1. The zero-order valence-corrected chi connectivity index (χ0v) is 16.6. The second kappa shape index (κ2) is 5.82. The summed E-state index contributed by atoms with van der Waals surface area (Å²) in [4.78, 5) is 11.9. The minimum absolute atomic E-state index is 0.0254. The summed E-state index contributed by atoms with van der Waals surface area (Å²) in [5.74, 6) is 0.158. The van der Waals surface area contributed by atoms with Crippen LogP contribution in [0.4, 0.5) is 0 Å². The van der Waals surface area contributed by atoms with Gasteiger partial charge in [-0.3, -0.25) is 4.79 Å². The maximum Gasteiger partial charge on any atom is 0.308 e. The summed E-state index contributed by atoms with van der Waals surface area (Å²) in [6.07, 6.45) is 6.90. The van der Waals surface area contributed by atoms with Gasteiger partial charge in [0.05, 0.1) is 30.8 Å². The number of ether oxygens (including phenoxy) is 2. The Morgan fingerprint density at radius 2 is 1.96 bits per heavy atom. The molecule has 0 unspecified atom stereocenters. The highest BCUT2D eigenvalue weighted by Gasteiger charge is 2.66. The van der Waals surface area contributed by atoms with Gasteiger partial charge in [-0.2, -0.15) is 0 Å². The SMILES string of the molecule is COC(=O)C[C@@]1(C)CC[C@]2(O1)C(C)=CC[C@@H]1C(C)(C)[C@H](O)CC[C@]12C. The van der Waals surface area contributed by atoms with E-state index >= 15 is 0 Å². The third kappa shape index (κ3) is 2.59. The molecule has 1 aliphatic heterocycles. The van der Waals surface area contributed by atoms with Crippen LogP contribution < -0.4 is 0 Å². The van der Waals surface area contributed by atoms with E-state index < -0.39 is 5.60 Å². The Morgan fingerprint density at radius 1 is 1.28 bits per heavy atom. The van der Waals surface area contributed by atoms with Gasteiger partial charge in [-0.05, 0) is 62.9 Å². The van der Waals surface area contributed by atoms with Gasteiger partial charge in [-0.25, -0.2) is 0 Å². The highest BCUT2D eigenvalue weighted by molar-refractivity contribution is 5.70. The minimum atomic E-state index is -0.479. The van der Waals surface area contributed by atoms with Crippen LogP contribution in [0.2, 0.25) is 0 Å². The van der Waals surface area contributed by atoms with Gasteiger partial charge in [0.15, 0.2) is 0 Å². The number of methoxy groups -OCH3 is 1. The Morgan fingerprint density at radius 3 is 2.60 bits per heavy atom. The molecule has 0 aromatic heterocycles. The second-order valence-electron chi connectivity index (χ2n) is 9.60. The van der Waals surface area contributed by atoms with Crippen LogP contribution in [-0.4, -0.2) is 35.5 Å². The van der Waals surface area contributed by atoms with Gasteiger partial charge in [0.25, 0.3) is 0 Å². The normalized spacial score (nSPS) is 45.8. The smallest absolute Gasteiger partial charge is 0.308 e. The Kier molecular flexibility index (Phi) is 4.40. The van der Waals surface area contributed by atoms with Crippen LogP contribution in [-0.2, 0) is 14.3 Å². The monoisotopic (exact) mass is 350 g/mol. The third-order valence-corrected chi connectivity index (χ3v) is 7.85. The number of rotatable bonds is 2. The first-order valence-corrected chi connectivity index (χ1v) is 9.63. The molecular formula is C21H34O4. The lowest BCUT2D eigenvalue weighted by Crippen LogP contribution is -2.62. The second-order valence-corrected chi connectivity index (χ2v) is 9.60. The van der Waals surface area contributed by atoms with Crippen LogP contribution >= 0.6 is 0 Å². The lowest BCUT2D eigenvalue weighted by atomic mass is 9.46. The fraction of sp³-hybridized carbons (Fsp3) is 0.857. The van der Waals surface area contributed by atoms with E-state index in [0.717, 1.165) is 32.1 Å². The summed E-state index contributed by atoms with van der Waals surface area (Å²) >= 11 is 0. The van der Waals surface area contributed by atoms with E-state index in [1.54, 1.807) is 0 Å². The van der Waals surface area contributed by atoms with Crippen molar-refractivity contribution in [3.05, 3.63) is 11.6 Å². The number of hydrogen-bond acceptors (Lipinski definition) is 4. The summed E-state index contributed by atoms with van der Waals surface area (Å²) in [5.41, 5.74) is 0.320. The number of allylic oxidation sites excluding steroid dienone is 1. The molecule has 0 aromatic carbocycles. The number of fused-ring (bicyclic) bond motifs is 2. The van der Waals surface area contributed by atoms with Gasteiger partial charge in [0, 0.05) is 5.41 Å². The molecule has 0 aromatic rings. The zero-order valence-electron chi connectivity index (χ0n) is 16.6. The molecule has 1 heterocycles. The number of esters is 1. The minimum Gasteiger partial charge on any atom is -0.469 e. The lowest BCUT2D eigenvalue weighted by molar-refractivity contribution is -0.210. The van der Waals surface area contributed by atoms with E-state index in [9.17, 15) is 9.90 Å². The first-order valence-electron chi connectivity index (χ1n) is 9.63. The molecule has 4 heteroatoms. The van der Waals surface area contributed by atoms with Crippen LogP contribution in [0.25, 0.3) is 0 Å². The molecule has 4 nitrogen and oxygen atoms in total. The third-order valence-electron chi connectivity index (χ3n) is 7.85. The van der Waals surface area contributed by atoms with Crippen molar-refractivity contribution >= 4 is 5.97 Å². The molecule has 142 valence electrons. The van der Waals surface area contributed by atoms with Gasteiger partial charge < -0.3 is 14.6 Å². The van der Waals surface area contributed by atoms with Gasteiger partial charge in [-0.15, -0.1) is 0 Å². The van der Waals surface area contributed by atoms with Crippen molar-refractivity contribution in [1.82, 2.24) is 0 Å². The number of aliphatic hydroxyl groups is 1. The van der Waals surface area contributed by atoms with Crippen LogP contribution in [0.5, 0.6) is 0 Å². The topological polar surface area (TPSA) is 55.8 Å². The largest absolute Gasteiger partial charge is 0.469 e. The molecule has 1 spiro atoms. The Labute approximate surface area is 152 Å². The molecule has 1 saturated carbocycles. The summed E-state index contributed by atoms with van der Waals surface area (Å²) in [5, 5.41) is 10.6. The van der Waals surface area contributed by atoms with Crippen molar-refractivity contribution in [3.63, 3.8) is 0 Å². The quantitative estimate of drug-likeness (QED) is 0.604. The molecule has 5 atom stereocenters. The predicted molar refractivity (Wildman–Crippen MR) is 97.1 cm³/mol. The molecule has 2 fully saturated rings. The van der Waals surface area contributed by atoms with E-state index in [-0.39, 0.29) is 28.5 Å². The standard InChI is InChI=1S/C21H34O4/c1-14-7-8-15-18(2,3)16(22)9-10-20(15,5)21(14)12-11-19(4,25-21)13-17(23)24-6/h7,15-16,22H,8-13H2,1-6H3/t15-,16-,19-,20-,21+/m1/s1. The van der Waals surface area contributed by atoms with Crippen molar-refractivity contribution in [2.75, 3.05) is 7.11 Å². The van der Waals surface area contributed by atoms with Crippen LogP contribution in [0, 0.1) is 16.7 Å². The highest BCUT2D eigenvalue weighted by Crippen LogP contribution is 2.66. The fourth-order valence-corrected chi connectivity index (χ4v) is 6.14. The van der Waals surface area contributed by atoms with Crippen molar-refractivity contribution in [1.29, 1.82) is 0 Å². The van der Waals surface area contributed by atoms with E-state index in [1.807, 2.05) is 6.92 Å². The molecule has 2 aliphatic carbocycles. The van der Waals surface area contributed by atoms with Crippen LogP contribution in [0.1, 0.15) is 73.1 Å². The Hall–Kier alpha value is -0.870. The predicted octanol–water partition coefficient (Wildman–Crippen LogP) is 4.01. The maximum absolute atomic E-state index is 11.9. The van der Waals surface area contributed by atoms with Gasteiger partial charge >= 0.3 is 5.97 Å². The molecule has 25 heavy (non-hydrogen) atoms. The van der Waals surface area contributed by atoms with Crippen LogP contribution in [0.15, 0.2) is 11.6 Å². The van der Waals surface area contributed by atoms with Crippen molar-refractivity contribution in [3.8, 4) is 0 Å². The molecular weight excluding hydrogens is 316 g/mol. The lowest BCUT2D eigenvalue weighted by Gasteiger charge is -2.62. The van der Waals surface area contributed by atoms with Crippen molar-refractivity contribution < 1.29 is 19.4 Å². The van der Waals surface area contributed by atoms with Gasteiger partial charge in [0.2, 0.25) is 0 Å². The van der Waals surface area contributed by atoms with Gasteiger partial charge in [0.1, 0.15) is 0 Å². The van der Waals surface area contributed by atoms with Crippen LogP contribution in [0.3, 0.4) is 0 Å². The van der Waals surface area contributed by atoms with E-state index in [1.165, 1.54) is 12.7 Å². The number of aliphatic hydroxyl groups excluding tert-OH is 1. The number of carbonyl (C=O) groups excluding carboxylic acids is 1. The Bertz CT molecular complexity index is 595. The molecule has 3 rings (SSSR count). The molecule has 0 radical (unpaired) electrons. The van der Waals surface area contributed by atoms with Crippen molar-refractivity contribution in [2.24, 2.45) is 16.7 Å². The molecule has 0 amide bonds. The molecule has 1 saturated heterocycles.